The highest BCUT2D eigenvalue weighted by Crippen LogP contribution is 2.61. The van der Waals surface area contributed by atoms with E-state index in [9.17, 15) is 34.0 Å². The maximum absolute atomic E-state index is 13.4. The fourth-order valence-electron chi connectivity index (χ4n) is 6.54. The van der Waals surface area contributed by atoms with Gasteiger partial charge < -0.3 is 35.2 Å². The number of aryl methyl sites for hydroxylation is 1. The van der Waals surface area contributed by atoms with Crippen LogP contribution in [-0.4, -0.2) is 80.0 Å². The number of carbonyl (C=O) groups excluding carboxylic acids is 1. The Balaban J connectivity index is 1.30. The maximum atomic E-state index is 13.4. The summed E-state index contributed by atoms with van der Waals surface area (Å²) >= 11 is 0. The van der Waals surface area contributed by atoms with Gasteiger partial charge in [0.1, 0.15) is 30.1 Å². The molecular weight excluding hydrogens is 504 g/mol. The van der Waals surface area contributed by atoms with Crippen LogP contribution in [0.15, 0.2) is 24.4 Å². The molecule has 9 atom stereocenters. The zero-order chi connectivity index (χ0) is 27.3. The molecule has 1 amide bonds. The number of halogens is 2. The van der Waals surface area contributed by atoms with Crippen molar-refractivity contribution in [2.24, 2.45) is 18.9 Å². The Hall–Kier alpha value is -2.48. The lowest BCUT2D eigenvalue weighted by Gasteiger charge is -2.40. The lowest BCUT2D eigenvalue weighted by molar-refractivity contribution is -0.303. The quantitative estimate of drug-likeness (QED) is 0.342. The Morgan fingerprint density at radius 3 is 2.66 bits per heavy atom. The number of fused-ring (bicyclic) bond motifs is 5. The zero-order valence-corrected chi connectivity index (χ0v) is 21.1. The van der Waals surface area contributed by atoms with E-state index < -0.39 is 55.3 Å². The van der Waals surface area contributed by atoms with E-state index in [1.165, 1.54) is 17.9 Å². The maximum Gasteiger partial charge on any atom is 0.282 e. The Morgan fingerprint density at radius 2 is 1.95 bits per heavy atom. The highest BCUT2D eigenvalue weighted by atomic mass is 19.3. The minimum atomic E-state index is -2.87. The predicted octanol–water partition coefficient (Wildman–Crippen LogP) is 1.65. The van der Waals surface area contributed by atoms with E-state index in [0.717, 1.165) is 24.0 Å². The summed E-state index contributed by atoms with van der Waals surface area (Å²) in [5, 5.41) is 46.3. The van der Waals surface area contributed by atoms with E-state index in [0.29, 0.717) is 5.69 Å². The van der Waals surface area contributed by atoms with Gasteiger partial charge in [-0.25, -0.2) is 8.78 Å². The van der Waals surface area contributed by atoms with Crippen molar-refractivity contribution in [2.45, 2.75) is 68.7 Å². The van der Waals surface area contributed by atoms with Crippen molar-refractivity contribution in [3.8, 4) is 0 Å². The van der Waals surface area contributed by atoms with Gasteiger partial charge in [-0.05, 0) is 53.7 Å². The van der Waals surface area contributed by atoms with Crippen LogP contribution in [0, 0.1) is 11.8 Å². The number of amides is 1. The molecule has 12 heteroatoms. The van der Waals surface area contributed by atoms with Crippen molar-refractivity contribution >= 4 is 11.6 Å². The number of carbonyl (C=O) groups is 1. The molecule has 2 bridgehead atoms. The molecule has 1 aliphatic heterocycles. The first kappa shape index (κ1) is 27.1. The molecule has 208 valence electrons. The van der Waals surface area contributed by atoms with Crippen molar-refractivity contribution in [3.63, 3.8) is 0 Å². The smallest absolute Gasteiger partial charge is 0.282 e. The average Bonchev–Trinajstić information content (AvgIpc) is 3.59. The highest BCUT2D eigenvalue weighted by Gasteiger charge is 2.50. The number of aliphatic hydroxyl groups excluding tert-OH is 4. The molecule has 2 aliphatic carbocycles. The van der Waals surface area contributed by atoms with Crippen LogP contribution >= 0.6 is 0 Å². The zero-order valence-electron chi connectivity index (χ0n) is 21.1. The van der Waals surface area contributed by atoms with E-state index in [1.54, 1.807) is 6.07 Å². The predicted molar refractivity (Wildman–Crippen MR) is 130 cm³/mol. The van der Waals surface area contributed by atoms with Gasteiger partial charge in [-0.2, -0.15) is 5.10 Å². The number of nitrogens with one attached hydrogen (secondary N) is 1. The molecular formula is C26H33F2N3O7. The largest absolute Gasteiger partial charge is 0.394 e. The summed E-state index contributed by atoms with van der Waals surface area (Å²) in [4.78, 5) is 13.0. The summed E-state index contributed by atoms with van der Waals surface area (Å²) in [5.41, 5.74) is 1.99. The minimum absolute atomic E-state index is 0.000388. The molecule has 1 aromatic heterocycles. The Morgan fingerprint density at radius 1 is 1.21 bits per heavy atom. The molecule has 2 fully saturated rings. The van der Waals surface area contributed by atoms with Gasteiger partial charge in [-0.15, -0.1) is 0 Å². The first-order valence-corrected chi connectivity index (χ1v) is 12.8. The molecule has 2 aromatic rings. The van der Waals surface area contributed by atoms with Crippen LogP contribution in [0.1, 0.15) is 65.2 Å². The van der Waals surface area contributed by atoms with Crippen LogP contribution in [0.2, 0.25) is 0 Å². The fourth-order valence-corrected chi connectivity index (χ4v) is 6.54. The van der Waals surface area contributed by atoms with Crippen molar-refractivity contribution in [1.82, 2.24) is 9.78 Å². The molecule has 0 radical (unpaired) electrons. The summed E-state index contributed by atoms with van der Waals surface area (Å²) in [5.74, 6) is -0.138. The number of ether oxygens (including phenoxy) is 2. The molecule has 1 aromatic carbocycles. The van der Waals surface area contributed by atoms with Gasteiger partial charge in [0.15, 0.2) is 6.29 Å². The molecule has 1 saturated carbocycles. The molecule has 3 aliphatic rings. The van der Waals surface area contributed by atoms with Crippen molar-refractivity contribution in [3.05, 3.63) is 46.8 Å². The van der Waals surface area contributed by atoms with Crippen LogP contribution in [-0.2, 0) is 16.5 Å². The van der Waals surface area contributed by atoms with Crippen LogP contribution in [0.25, 0.3) is 0 Å². The van der Waals surface area contributed by atoms with Crippen LogP contribution in [0.5, 0.6) is 0 Å². The van der Waals surface area contributed by atoms with E-state index in [1.807, 2.05) is 19.1 Å². The van der Waals surface area contributed by atoms with Gasteiger partial charge in [0.2, 0.25) is 0 Å². The van der Waals surface area contributed by atoms with Crippen LogP contribution < -0.4 is 5.32 Å². The standard InChI is InChI=1S/C26H33F2N3O7/c1-11(10-37-26-23(35)22(34)21(33)17(9-32)38-26)18-13-6-7-14(18)19-12(13)4-3-5-16(19)29-25(36)15-8-31(2)30-20(15)24(27)28/h3-5,8,11,13-14,17-18,21-24,26,32-35H,6-7,9-10H2,1-2H3,(H,29,36)/t11-,13?,14?,17-,18?,21-,22+,23-,26-/m1/s1. The van der Waals surface area contributed by atoms with Gasteiger partial charge in [0.05, 0.1) is 18.8 Å². The summed E-state index contributed by atoms with van der Waals surface area (Å²) in [7, 11) is 1.49. The SMILES string of the molecule is C[C@H](CO[C@@H]1O[C@H](CO)[C@@H](O)[C@H](O)[C@H]1O)C1C2CCC1c1c(NC(=O)c3cn(C)nc3C(F)F)cccc12. The first-order valence-electron chi connectivity index (χ1n) is 12.8. The van der Waals surface area contributed by atoms with Crippen molar-refractivity contribution in [2.75, 3.05) is 18.5 Å². The number of anilines is 1. The topological polar surface area (TPSA) is 146 Å². The summed E-state index contributed by atoms with van der Waals surface area (Å²) in [6, 6.07) is 5.66. The van der Waals surface area contributed by atoms with Gasteiger partial charge in [-0.1, -0.05) is 19.1 Å². The number of hydrogen-bond acceptors (Lipinski definition) is 8. The lowest BCUT2D eigenvalue weighted by Crippen LogP contribution is -2.59. The van der Waals surface area contributed by atoms with Gasteiger partial charge in [-0.3, -0.25) is 9.48 Å². The average molecular weight is 538 g/mol. The van der Waals surface area contributed by atoms with E-state index in [2.05, 4.69) is 10.4 Å². The second-order valence-electron chi connectivity index (χ2n) is 10.5. The molecule has 10 nitrogen and oxygen atoms in total. The molecule has 5 N–H and O–H groups in total. The Bertz CT molecular complexity index is 1180. The third-order valence-electron chi connectivity index (χ3n) is 8.21. The normalized spacial score (nSPS) is 33.0. The van der Waals surface area contributed by atoms with Crippen molar-refractivity contribution < 1.29 is 43.5 Å². The summed E-state index contributed by atoms with van der Waals surface area (Å²) in [6.45, 7) is 1.69. The van der Waals surface area contributed by atoms with Gasteiger partial charge >= 0.3 is 0 Å². The molecule has 1 saturated heterocycles. The third kappa shape index (κ3) is 4.63. The minimum Gasteiger partial charge on any atom is -0.394 e. The fraction of sp³-hybridized carbons (Fsp3) is 0.615. The van der Waals surface area contributed by atoms with E-state index >= 15 is 0 Å². The van der Waals surface area contributed by atoms with Crippen molar-refractivity contribution in [1.29, 1.82) is 0 Å². The van der Waals surface area contributed by atoms with E-state index in [-0.39, 0.29) is 35.8 Å². The second-order valence-corrected chi connectivity index (χ2v) is 10.5. The summed E-state index contributed by atoms with van der Waals surface area (Å²) < 4.78 is 39.3. The molecule has 0 spiro atoms. The van der Waals surface area contributed by atoms with Crippen LogP contribution in [0.4, 0.5) is 14.5 Å². The number of alkyl halides is 2. The number of hydrogen-bond donors (Lipinski definition) is 5. The number of nitrogens with zero attached hydrogens (tertiary/aromatic N) is 2. The molecule has 5 rings (SSSR count). The number of aliphatic hydroxyl groups is 4. The number of aromatic nitrogens is 2. The first-order chi connectivity index (χ1) is 18.1. The van der Waals surface area contributed by atoms with Crippen LogP contribution in [0.3, 0.4) is 0 Å². The van der Waals surface area contributed by atoms with Gasteiger partial charge in [0, 0.05) is 18.9 Å². The Kier molecular flexibility index (Phi) is 7.55. The molecule has 3 unspecified atom stereocenters. The van der Waals surface area contributed by atoms with Gasteiger partial charge in [0.25, 0.3) is 12.3 Å². The third-order valence-corrected chi connectivity index (χ3v) is 8.21. The lowest BCUT2D eigenvalue weighted by atomic mass is 9.84. The molecule has 38 heavy (non-hydrogen) atoms. The van der Waals surface area contributed by atoms with E-state index in [4.69, 9.17) is 9.47 Å². The number of benzene rings is 1. The second kappa shape index (κ2) is 10.6. The summed E-state index contributed by atoms with van der Waals surface area (Å²) in [6.07, 6.45) is -6.41. The monoisotopic (exact) mass is 537 g/mol. The molecule has 2 heterocycles. The highest BCUT2D eigenvalue weighted by molar-refractivity contribution is 6.05. The Labute approximate surface area is 218 Å². The number of rotatable bonds is 8.